The molecule has 0 saturated carbocycles. The SMILES string of the molecule is CC[C@H](C)CN(C[C@@H](O)[C@H](Cc1ccccc1)NC(=O)[C@H]1CN(c2ccccc2)C(=O)O1)S(=O)(=O)c1ccc(OC)cc1. The summed E-state index contributed by atoms with van der Waals surface area (Å²) < 4.78 is 39.3. The zero-order valence-electron chi connectivity index (χ0n) is 24.6. The van der Waals surface area contributed by atoms with E-state index in [9.17, 15) is 23.1 Å². The fourth-order valence-electron chi connectivity index (χ4n) is 4.83. The monoisotopic (exact) mass is 609 g/mol. The van der Waals surface area contributed by atoms with Gasteiger partial charge in [-0.2, -0.15) is 4.31 Å². The lowest BCUT2D eigenvalue weighted by atomic mass is 10.0. The van der Waals surface area contributed by atoms with Crippen LogP contribution in [0.1, 0.15) is 25.8 Å². The first kappa shape index (κ1) is 32.0. The Morgan fingerprint density at radius 1 is 1.05 bits per heavy atom. The van der Waals surface area contributed by atoms with E-state index < -0.39 is 40.3 Å². The van der Waals surface area contributed by atoms with Gasteiger partial charge in [0.1, 0.15) is 5.75 Å². The molecule has 11 heteroatoms. The third-order valence-corrected chi connectivity index (χ3v) is 9.41. The van der Waals surface area contributed by atoms with E-state index in [2.05, 4.69) is 5.32 Å². The van der Waals surface area contributed by atoms with E-state index in [-0.39, 0.29) is 36.9 Å². The smallest absolute Gasteiger partial charge is 0.415 e. The molecule has 0 unspecified atom stereocenters. The standard InChI is InChI=1S/C32H39N3O7S/c1-4-23(2)20-34(43(39,40)27-17-15-26(41-3)16-18-27)21-29(36)28(19-24-11-7-5-8-12-24)33-31(37)30-22-35(32(38)42-30)25-13-9-6-10-14-25/h5-18,23,28-30,36H,4,19-22H2,1-3H3,(H,33,37)/t23-,28-,29+,30+/m0/s1. The van der Waals surface area contributed by atoms with E-state index in [1.54, 1.807) is 36.4 Å². The summed E-state index contributed by atoms with van der Waals surface area (Å²) in [5, 5.41) is 14.4. The fourth-order valence-corrected chi connectivity index (χ4v) is 6.40. The number of nitrogens with zero attached hydrogens (tertiary/aromatic N) is 2. The van der Waals surface area contributed by atoms with Gasteiger partial charge in [-0.15, -0.1) is 0 Å². The average Bonchev–Trinajstić information content (AvgIpc) is 3.42. The first-order valence-electron chi connectivity index (χ1n) is 14.3. The highest BCUT2D eigenvalue weighted by Crippen LogP contribution is 2.24. The number of amides is 2. The number of para-hydroxylation sites is 1. The Morgan fingerprint density at radius 3 is 2.28 bits per heavy atom. The first-order chi connectivity index (χ1) is 20.6. The van der Waals surface area contributed by atoms with Crippen LogP contribution in [0.25, 0.3) is 0 Å². The van der Waals surface area contributed by atoms with Crippen LogP contribution in [0, 0.1) is 5.92 Å². The molecular formula is C32H39N3O7S. The van der Waals surface area contributed by atoms with Gasteiger partial charge in [-0.05, 0) is 54.3 Å². The highest BCUT2D eigenvalue weighted by atomic mass is 32.2. The maximum absolute atomic E-state index is 13.8. The van der Waals surface area contributed by atoms with Crippen LogP contribution in [0.2, 0.25) is 0 Å². The van der Waals surface area contributed by atoms with Gasteiger partial charge < -0.3 is 19.9 Å². The van der Waals surface area contributed by atoms with Crippen LogP contribution < -0.4 is 15.0 Å². The maximum atomic E-state index is 13.8. The van der Waals surface area contributed by atoms with Crippen LogP contribution in [0.5, 0.6) is 5.75 Å². The molecule has 0 aliphatic carbocycles. The summed E-state index contributed by atoms with van der Waals surface area (Å²) in [5.74, 6) is -0.0287. The van der Waals surface area contributed by atoms with E-state index in [4.69, 9.17) is 9.47 Å². The van der Waals surface area contributed by atoms with Crippen molar-refractivity contribution < 1.29 is 32.6 Å². The van der Waals surface area contributed by atoms with Gasteiger partial charge in [0, 0.05) is 18.8 Å². The molecule has 0 radical (unpaired) electrons. The molecular weight excluding hydrogens is 570 g/mol. The van der Waals surface area contributed by atoms with Crippen molar-refractivity contribution in [1.82, 2.24) is 9.62 Å². The van der Waals surface area contributed by atoms with Crippen molar-refractivity contribution in [2.45, 2.75) is 49.8 Å². The number of ether oxygens (including phenoxy) is 2. The van der Waals surface area contributed by atoms with Crippen LogP contribution >= 0.6 is 0 Å². The van der Waals surface area contributed by atoms with E-state index in [1.165, 1.54) is 28.4 Å². The Morgan fingerprint density at radius 2 is 1.67 bits per heavy atom. The predicted molar refractivity (Wildman–Crippen MR) is 163 cm³/mol. The third-order valence-electron chi connectivity index (χ3n) is 7.56. The molecule has 0 spiro atoms. The Labute approximate surface area is 253 Å². The number of rotatable bonds is 14. The fraction of sp³-hybridized carbons (Fsp3) is 0.375. The predicted octanol–water partition coefficient (Wildman–Crippen LogP) is 3.85. The molecule has 3 aromatic rings. The summed E-state index contributed by atoms with van der Waals surface area (Å²) in [7, 11) is -2.49. The number of hydrogen-bond acceptors (Lipinski definition) is 7. The summed E-state index contributed by atoms with van der Waals surface area (Å²) in [6, 6.07) is 23.4. The van der Waals surface area contributed by atoms with E-state index in [1.807, 2.05) is 50.2 Å². The van der Waals surface area contributed by atoms with Gasteiger partial charge in [-0.1, -0.05) is 68.8 Å². The second-order valence-electron chi connectivity index (χ2n) is 10.7. The van der Waals surface area contributed by atoms with Gasteiger partial charge in [0.2, 0.25) is 10.0 Å². The molecule has 0 aromatic heterocycles. The molecule has 1 aliphatic rings. The van der Waals surface area contributed by atoms with Gasteiger partial charge in [-0.25, -0.2) is 13.2 Å². The van der Waals surface area contributed by atoms with Crippen molar-refractivity contribution in [3.8, 4) is 5.75 Å². The number of methoxy groups -OCH3 is 1. The summed E-state index contributed by atoms with van der Waals surface area (Å²) in [6.07, 6.45) is -2.05. The molecule has 10 nitrogen and oxygen atoms in total. The second kappa shape index (κ2) is 14.5. The highest BCUT2D eigenvalue weighted by Gasteiger charge is 2.39. The van der Waals surface area contributed by atoms with Crippen LogP contribution in [-0.2, 0) is 26.0 Å². The summed E-state index contributed by atoms with van der Waals surface area (Å²) in [4.78, 5) is 27.4. The normalized spacial score (nSPS) is 17.3. The number of aliphatic hydroxyl groups is 1. The van der Waals surface area contributed by atoms with Crippen molar-refractivity contribution in [2.75, 3.05) is 31.6 Å². The Bertz CT molecular complexity index is 1450. The molecule has 1 fully saturated rings. The van der Waals surface area contributed by atoms with Crippen LogP contribution in [-0.4, -0.2) is 74.8 Å². The minimum Gasteiger partial charge on any atom is -0.497 e. The minimum atomic E-state index is -3.99. The van der Waals surface area contributed by atoms with Crippen LogP contribution in [0.15, 0.2) is 89.8 Å². The average molecular weight is 610 g/mol. The Kier molecular flexibility index (Phi) is 10.8. The topological polar surface area (TPSA) is 125 Å². The summed E-state index contributed by atoms with van der Waals surface area (Å²) in [6.45, 7) is 3.85. The second-order valence-corrected chi connectivity index (χ2v) is 12.6. The number of anilines is 1. The first-order valence-corrected chi connectivity index (χ1v) is 15.8. The van der Waals surface area contributed by atoms with Crippen LogP contribution in [0.4, 0.5) is 10.5 Å². The van der Waals surface area contributed by atoms with E-state index in [0.29, 0.717) is 11.4 Å². The largest absolute Gasteiger partial charge is 0.497 e. The van der Waals surface area contributed by atoms with Gasteiger partial charge in [-0.3, -0.25) is 9.69 Å². The minimum absolute atomic E-state index is 0.00875. The van der Waals surface area contributed by atoms with Crippen molar-refractivity contribution in [2.24, 2.45) is 5.92 Å². The molecule has 0 bridgehead atoms. The quantitative estimate of drug-likeness (QED) is 0.285. The molecule has 230 valence electrons. The molecule has 1 saturated heterocycles. The molecule has 1 aliphatic heterocycles. The number of benzene rings is 3. The van der Waals surface area contributed by atoms with Gasteiger partial charge in [0.05, 0.1) is 30.7 Å². The van der Waals surface area contributed by atoms with E-state index >= 15 is 0 Å². The zero-order chi connectivity index (χ0) is 31.0. The van der Waals surface area contributed by atoms with Crippen molar-refractivity contribution in [3.05, 3.63) is 90.5 Å². The molecule has 1 heterocycles. The number of carbonyl (C=O) groups is 2. The summed E-state index contributed by atoms with van der Waals surface area (Å²) >= 11 is 0. The molecule has 4 rings (SSSR count). The van der Waals surface area contributed by atoms with Gasteiger partial charge in [0.25, 0.3) is 5.91 Å². The Balaban J connectivity index is 1.56. The maximum Gasteiger partial charge on any atom is 0.415 e. The Hall–Kier alpha value is -3.93. The number of hydrogen-bond donors (Lipinski definition) is 2. The van der Waals surface area contributed by atoms with Crippen LogP contribution in [0.3, 0.4) is 0 Å². The van der Waals surface area contributed by atoms with Crippen molar-refractivity contribution in [3.63, 3.8) is 0 Å². The number of cyclic esters (lactones) is 1. The number of sulfonamides is 1. The molecule has 2 N–H and O–H groups in total. The number of nitrogens with one attached hydrogen (secondary N) is 1. The van der Waals surface area contributed by atoms with Crippen molar-refractivity contribution >= 4 is 27.7 Å². The lowest BCUT2D eigenvalue weighted by Gasteiger charge is -2.31. The van der Waals surface area contributed by atoms with E-state index in [0.717, 1.165) is 12.0 Å². The highest BCUT2D eigenvalue weighted by molar-refractivity contribution is 7.89. The molecule has 3 aromatic carbocycles. The van der Waals surface area contributed by atoms with Gasteiger partial charge in [0.15, 0.2) is 6.10 Å². The molecule has 43 heavy (non-hydrogen) atoms. The molecule has 4 atom stereocenters. The third kappa shape index (κ3) is 8.13. The zero-order valence-corrected chi connectivity index (χ0v) is 25.4. The molecule has 2 amide bonds. The lowest BCUT2D eigenvalue weighted by molar-refractivity contribution is -0.129. The summed E-state index contributed by atoms with van der Waals surface area (Å²) in [5.41, 5.74) is 1.45. The number of carbonyl (C=O) groups excluding carboxylic acids is 2. The van der Waals surface area contributed by atoms with Crippen molar-refractivity contribution in [1.29, 1.82) is 0 Å². The van der Waals surface area contributed by atoms with Gasteiger partial charge >= 0.3 is 6.09 Å². The lowest BCUT2D eigenvalue weighted by Crippen LogP contribution is -2.53. The number of aliphatic hydroxyl groups excluding tert-OH is 1.